The summed E-state index contributed by atoms with van der Waals surface area (Å²) in [6.45, 7) is 1.72. The summed E-state index contributed by atoms with van der Waals surface area (Å²) in [7, 11) is 0.577. The lowest BCUT2D eigenvalue weighted by molar-refractivity contribution is -0.130. The molecule has 10 heteroatoms. The Morgan fingerprint density at radius 1 is 1.06 bits per heavy atom. The lowest BCUT2D eigenvalue weighted by atomic mass is 10.1. The smallest absolute Gasteiger partial charge is 0.246 e. The number of likely N-dealkylation sites (N-methyl/N-ethyl adjacent to an activating group) is 2. The minimum Gasteiger partial charge on any atom is -0.497 e. The summed E-state index contributed by atoms with van der Waals surface area (Å²) in [6.07, 6.45) is 0. The van der Waals surface area contributed by atoms with Crippen LogP contribution in [0.5, 0.6) is 5.75 Å². The number of hydrogen-bond acceptors (Lipinski definition) is 7. The monoisotopic (exact) mass is 444 g/mol. The molecule has 0 unspecified atom stereocenters. The van der Waals surface area contributed by atoms with E-state index in [-0.39, 0.29) is 23.9 Å². The third-order valence-corrected chi connectivity index (χ3v) is 6.52. The number of carbonyl (C=O) groups excluding carboxylic acids is 1. The average molecular weight is 445 g/mol. The zero-order valence-corrected chi connectivity index (χ0v) is 18.6. The van der Waals surface area contributed by atoms with Gasteiger partial charge in [-0.3, -0.25) is 4.79 Å². The van der Waals surface area contributed by atoms with E-state index in [9.17, 15) is 13.2 Å². The zero-order valence-electron chi connectivity index (χ0n) is 17.8. The van der Waals surface area contributed by atoms with Crippen LogP contribution in [-0.2, 0) is 21.4 Å². The van der Waals surface area contributed by atoms with Gasteiger partial charge >= 0.3 is 0 Å². The van der Waals surface area contributed by atoms with Crippen LogP contribution in [0.1, 0.15) is 11.5 Å². The molecule has 0 fully saturated rings. The van der Waals surface area contributed by atoms with Crippen molar-refractivity contribution in [3.63, 3.8) is 0 Å². The number of carbonyl (C=O) groups is 1. The number of amides is 1. The number of sulfonamides is 1. The van der Waals surface area contributed by atoms with E-state index in [1.165, 1.54) is 31.2 Å². The van der Waals surface area contributed by atoms with E-state index < -0.39 is 15.9 Å². The van der Waals surface area contributed by atoms with Crippen LogP contribution < -0.4 is 4.74 Å². The molecular weight excluding hydrogens is 420 g/mol. The SMILES string of the molecule is COc1ccc(S(=O)(=O)N(C)CC(=O)N(C)Cc2nc(-c3ccc(C)cc3)no2)cc1. The highest BCUT2D eigenvalue weighted by atomic mass is 32.2. The maximum absolute atomic E-state index is 12.7. The second-order valence-corrected chi connectivity index (χ2v) is 9.11. The molecule has 31 heavy (non-hydrogen) atoms. The van der Waals surface area contributed by atoms with Crippen LogP contribution in [0.15, 0.2) is 57.9 Å². The van der Waals surface area contributed by atoms with Gasteiger partial charge in [-0.1, -0.05) is 35.0 Å². The summed E-state index contributed by atoms with van der Waals surface area (Å²) in [5.74, 6) is 0.818. The van der Waals surface area contributed by atoms with Gasteiger partial charge < -0.3 is 14.2 Å². The number of rotatable bonds is 8. The Kier molecular flexibility index (Phi) is 6.71. The first-order valence-corrected chi connectivity index (χ1v) is 10.9. The zero-order chi connectivity index (χ0) is 22.6. The highest BCUT2D eigenvalue weighted by Gasteiger charge is 2.25. The molecule has 1 aromatic heterocycles. The number of hydrogen-bond donors (Lipinski definition) is 0. The van der Waals surface area contributed by atoms with E-state index in [2.05, 4.69) is 10.1 Å². The number of nitrogens with zero attached hydrogens (tertiary/aromatic N) is 4. The maximum atomic E-state index is 12.7. The Labute approximate surface area is 181 Å². The van der Waals surface area contributed by atoms with Crippen LogP contribution in [0.4, 0.5) is 0 Å². The summed E-state index contributed by atoms with van der Waals surface area (Å²) in [5.41, 5.74) is 1.92. The van der Waals surface area contributed by atoms with Gasteiger partial charge in [0.1, 0.15) is 5.75 Å². The minimum absolute atomic E-state index is 0.0636. The van der Waals surface area contributed by atoms with Gasteiger partial charge in [0.25, 0.3) is 0 Å². The highest BCUT2D eigenvalue weighted by Crippen LogP contribution is 2.19. The van der Waals surface area contributed by atoms with Crippen LogP contribution in [0.2, 0.25) is 0 Å². The molecule has 0 aliphatic heterocycles. The molecule has 1 heterocycles. The van der Waals surface area contributed by atoms with Crippen molar-refractivity contribution in [2.45, 2.75) is 18.4 Å². The van der Waals surface area contributed by atoms with Crippen LogP contribution in [0.25, 0.3) is 11.4 Å². The molecule has 3 rings (SSSR count). The van der Waals surface area contributed by atoms with E-state index in [0.29, 0.717) is 11.6 Å². The normalized spacial score (nSPS) is 11.5. The predicted molar refractivity (Wildman–Crippen MR) is 114 cm³/mol. The average Bonchev–Trinajstić information content (AvgIpc) is 3.22. The first-order valence-electron chi connectivity index (χ1n) is 9.44. The molecule has 164 valence electrons. The molecule has 0 aliphatic carbocycles. The molecule has 0 atom stereocenters. The van der Waals surface area contributed by atoms with Crippen LogP contribution in [0, 0.1) is 6.92 Å². The third-order valence-electron chi connectivity index (χ3n) is 4.70. The highest BCUT2D eigenvalue weighted by molar-refractivity contribution is 7.89. The van der Waals surface area contributed by atoms with E-state index in [1.54, 1.807) is 19.2 Å². The van der Waals surface area contributed by atoms with Gasteiger partial charge in [0.2, 0.25) is 27.6 Å². The maximum Gasteiger partial charge on any atom is 0.246 e. The van der Waals surface area contributed by atoms with Crippen molar-refractivity contribution in [1.29, 1.82) is 0 Å². The summed E-state index contributed by atoms with van der Waals surface area (Å²) in [6, 6.07) is 13.6. The van der Waals surface area contributed by atoms with Crippen molar-refractivity contribution in [1.82, 2.24) is 19.3 Å². The largest absolute Gasteiger partial charge is 0.497 e. The third kappa shape index (κ3) is 5.28. The second-order valence-electron chi connectivity index (χ2n) is 7.06. The Bertz CT molecular complexity index is 1140. The van der Waals surface area contributed by atoms with Gasteiger partial charge in [-0.15, -0.1) is 0 Å². The molecule has 0 saturated carbocycles. The summed E-state index contributed by atoms with van der Waals surface area (Å²) >= 11 is 0. The molecule has 1 amide bonds. The van der Waals surface area contributed by atoms with E-state index >= 15 is 0 Å². The van der Waals surface area contributed by atoms with Crippen LogP contribution in [-0.4, -0.2) is 61.4 Å². The molecule has 9 nitrogen and oxygen atoms in total. The fourth-order valence-corrected chi connectivity index (χ4v) is 3.87. The summed E-state index contributed by atoms with van der Waals surface area (Å²) < 4.78 is 36.7. The first kappa shape index (κ1) is 22.4. The number of aromatic nitrogens is 2. The van der Waals surface area contributed by atoms with Crippen molar-refractivity contribution in [3.05, 3.63) is 60.0 Å². The van der Waals surface area contributed by atoms with Gasteiger partial charge in [0.15, 0.2) is 0 Å². The molecule has 0 N–H and O–H groups in total. The van der Waals surface area contributed by atoms with Gasteiger partial charge in [0.05, 0.1) is 25.1 Å². The van der Waals surface area contributed by atoms with E-state index in [1.807, 2.05) is 31.2 Å². The van der Waals surface area contributed by atoms with Crippen LogP contribution >= 0.6 is 0 Å². The standard InChI is InChI=1S/C21H24N4O5S/c1-15-5-7-16(8-6-15)21-22-19(30-23-21)13-24(2)20(26)14-25(3)31(27,28)18-11-9-17(29-4)10-12-18/h5-12H,13-14H2,1-4H3. The van der Waals surface area contributed by atoms with E-state index in [0.717, 1.165) is 15.4 Å². The quantitative estimate of drug-likeness (QED) is 0.525. The first-order chi connectivity index (χ1) is 14.7. The van der Waals surface area contributed by atoms with Gasteiger partial charge in [-0.2, -0.15) is 9.29 Å². The Balaban J connectivity index is 1.62. The molecule has 0 saturated heterocycles. The Morgan fingerprint density at radius 3 is 2.32 bits per heavy atom. The van der Waals surface area contributed by atoms with Crippen molar-refractivity contribution in [2.24, 2.45) is 0 Å². The second kappa shape index (κ2) is 9.27. The van der Waals surface area contributed by atoms with Crippen molar-refractivity contribution in [3.8, 4) is 17.1 Å². The molecule has 0 spiro atoms. The van der Waals surface area contributed by atoms with Gasteiger partial charge in [-0.05, 0) is 31.2 Å². The minimum atomic E-state index is -3.82. The van der Waals surface area contributed by atoms with Gasteiger partial charge in [-0.25, -0.2) is 8.42 Å². The molecular formula is C21H24N4O5S. The van der Waals surface area contributed by atoms with Gasteiger partial charge in [0, 0.05) is 19.7 Å². The molecule has 2 aromatic carbocycles. The van der Waals surface area contributed by atoms with E-state index in [4.69, 9.17) is 9.26 Å². The van der Waals surface area contributed by atoms with Crippen molar-refractivity contribution < 1.29 is 22.5 Å². The summed E-state index contributed by atoms with van der Waals surface area (Å²) in [5, 5.41) is 3.94. The Morgan fingerprint density at radius 2 is 1.71 bits per heavy atom. The lowest BCUT2D eigenvalue weighted by Crippen LogP contribution is -2.39. The number of methoxy groups -OCH3 is 1. The lowest BCUT2D eigenvalue weighted by Gasteiger charge is -2.20. The number of aryl methyl sites for hydroxylation is 1. The van der Waals surface area contributed by atoms with Crippen LogP contribution in [0.3, 0.4) is 0 Å². The number of ether oxygens (including phenoxy) is 1. The molecule has 0 bridgehead atoms. The fourth-order valence-electron chi connectivity index (χ4n) is 2.75. The Hall–Kier alpha value is -3.24. The topological polar surface area (TPSA) is 106 Å². The molecule has 3 aromatic rings. The summed E-state index contributed by atoms with van der Waals surface area (Å²) in [4.78, 5) is 18.3. The predicted octanol–water partition coefficient (Wildman–Crippen LogP) is 2.33. The fraction of sp³-hybridized carbons (Fsp3) is 0.286. The number of benzene rings is 2. The van der Waals surface area contributed by atoms with Crippen molar-refractivity contribution >= 4 is 15.9 Å². The molecule has 0 radical (unpaired) electrons. The molecule has 0 aliphatic rings. The van der Waals surface area contributed by atoms with Crippen molar-refractivity contribution in [2.75, 3.05) is 27.7 Å².